The van der Waals surface area contributed by atoms with Gasteiger partial charge in [0.25, 0.3) is 0 Å². The molecule has 4 heterocycles. The number of likely N-dealkylation sites (tertiary alicyclic amines) is 2. The Morgan fingerprint density at radius 3 is 1.82 bits per heavy atom. The van der Waals surface area contributed by atoms with Gasteiger partial charge in [0.1, 0.15) is 23.7 Å². The maximum atomic E-state index is 13.7. The van der Waals surface area contributed by atoms with Crippen LogP contribution in [0.25, 0.3) is 44.2 Å². The molecule has 2 aliphatic heterocycles. The molecule has 4 N–H and O–H groups in total. The first-order valence-electron chi connectivity index (χ1n) is 19.3. The average molecular weight is 763 g/mol. The number of aromatic nitrogens is 4. The second kappa shape index (κ2) is 16.0. The number of imidazole rings is 2. The van der Waals surface area contributed by atoms with Gasteiger partial charge >= 0.3 is 12.2 Å². The number of methoxy groups -OCH3 is 2. The lowest BCUT2D eigenvalue weighted by molar-refractivity contribution is -0.136. The summed E-state index contributed by atoms with van der Waals surface area (Å²) in [6.07, 6.45) is 3.79. The number of hydrogen-bond donors (Lipinski definition) is 4. The van der Waals surface area contributed by atoms with Crippen molar-refractivity contribution < 1.29 is 28.7 Å². The molecule has 7 rings (SSSR count). The highest BCUT2D eigenvalue weighted by Gasteiger charge is 2.39. The zero-order valence-corrected chi connectivity index (χ0v) is 32.7. The smallest absolute Gasteiger partial charge is 0.407 e. The Labute approximate surface area is 325 Å². The Morgan fingerprint density at radius 1 is 0.696 bits per heavy atom. The first kappa shape index (κ1) is 38.4. The van der Waals surface area contributed by atoms with Crippen LogP contribution < -0.4 is 10.6 Å². The van der Waals surface area contributed by atoms with Crippen molar-refractivity contribution in [2.75, 3.05) is 27.3 Å². The maximum Gasteiger partial charge on any atom is 0.407 e. The summed E-state index contributed by atoms with van der Waals surface area (Å²) < 4.78 is 9.55. The molecular formula is C42H50N8O6. The number of H-pyrrole nitrogens is 2. The molecule has 5 aromatic rings. The predicted octanol–water partition coefficient (Wildman–Crippen LogP) is 6.86. The van der Waals surface area contributed by atoms with Crippen LogP contribution in [0.4, 0.5) is 9.59 Å². The standard InChI is InChI=1S/C42H50N8O6/c1-23(2)35(47-41(53)55-5)39(51)49-17-7-9-33(49)37-43-22-32(46-37)28-14-12-25-11-13-26(19-29(25)20-28)27-15-16-30-31(21-27)45-38(44-30)34-10-8-18-50(34)40(52)36(24(3)4)48-42(54)56-6/h11-16,19-24,33-36H,7-10,17-18H2,1-6H3,(H,43,46)(H,44,45)(H,47,53)(H,48,54)/t33-,34-,35-,36-/m0/s1. The minimum atomic E-state index is -0.697. The summed E-state index contributed by atoms with van der Waals surface area (Å²) in [4.78, 5) is 71.5. The van der Waals surface area contributed by atoms with E-state index in [1.807, 2.05) is 49.8 Å². The van der Waals surface area contributed by atoms with Gasteiger partial charge in [0, 0.05) is 18.7 Å². The number of amides is 4. The number of alkyl carbamates (subject to hydrolysis) is 2. The lowest BCUT2D eigenvalue weighted by Crippen LogP contribution is -2.51. The van der Waals surface area contributed by atoms with Gasteiger partial charge in [0.05, 0.1) is 49.2 Å². The fourth-order valence-corrected chi connectivity index (χ4v) is 8.00. The molecule has 3 aromatic carbocycles. The Hall–Kier alpha value is -5.92. The van der Waals surface area contributed by atoms with E-state index in [4.69, 9.17) is 19.4 Å². The zero-order chi connectivity index (χ0) is 39.7. The summed E-state index contributed by atoms with van der Waals surface area (Å²) in [7, 11) is 2.58. The summed E-state index contributed by atoms with van der Waals surface area (Å²) in [5.74, 6) is 0.936. The van der Waals surface area contributed by atoms with Gasteiger partial charge in [-0.2, -0.15) is 0 Å². The Kier molecular flexibility index (Phi) is 11.0. The van der Waals surface area contributed by atoms with Gasteiger partial charge in [-0.05, 0) is 83.7 Å². The van der Waals surface area contributed by atoms with E-state index >= 15 is 0 Å². The van der Waals surface area contributed by atoms with Crippen LogP contribution in [0.2, 0.25) is 0 Å². The molecule has 0 radical (unpaired) electrons. The number of hydrogen-bond acceptors (Lipinski definition) is 8. The Morgan fingerprint density at radius 2 is 1.23 bits per heavy atom. The molecule has 2 aromatic heterocycles. The third-order valence-electron chi connectivity index (χ3n) is 11.1. The van der Waals surface area contributed by atoms with Crippen LogP contribution in [-0.2, 0) is 19.1 Å². The number of ether oxygens (including phenoxy) is 2. The molecule has 4 atom stereocenters. The van der Waals surface area contributed by atoms with E-state index in [-0.39, 0.29) is 35.7 Å². The second-order valence-electron chi connectivity index (χ2n) is 15.4. The van der Waals surface area contributed by atoms with Gasteiger partial charge in [0.2, 0.25) is 11.8 Å². The second-order valence-corrected chi connectivity index (χ2v) is 15.4. The first-order valence-corrected chi connectivity index (χ1v) is 19.3. The average Bonchev–Trinajstić information content (AvgIpc) is 4.03. The molecule has 0 unspecified atom stereocenters. The fourth-order valence-electron chi connectivity index (χ4n) is 8.00. The van der Waals surface area contributed by atoms with Crippen molar-refractivity contribution in [3.63, 3.8) is 0 Å². The van der Waals surface area contributed by atoms with Crippen molar-refractivity contribution in [3.8, 4) is 22.4 Å². The topological polar surface area (TPSA) is 175 Å². The highest BCUT2D eigenvalue weighted by atomic mass is 16.5. The lowest BCUT2D eigenvalue weighted by Gasteiger charge is -2.30. The van der Waals surface area contributed by atoms with Crippen molar-refractivity contribution in [2.24, 2.45) is 11.8 Å². The maximum absolute atomic E-state index is 13.7. The minimum Gasteiger partial charge on any atom is -0.453 e. The minimum absolute atomic E-state index is 0.113. The predicted molar refractivity (Wildman–Crippen MR) is 212 cm³/mol. The molecule has 14 heteroatoms. The van der Waals surface area contributed by atoms with Crippen LogP contribution in [-0.4, -0.2) is 93.1 Å². The van der Waals surface area contributed by atoms with E-state index in [0.717, 1.165) is 81.5 Å². The molecule has 294 valence electrons. The number of fused-ring (bicyclic) bond motifs is 2. The van der Waals surface area contributed by atoms with Crippen molar-refractivity contribution in [1.82, 2.24) is 40.4 Å². The molecule has 0 saturated carbocycles. The Bertz CT molecular complexity index is 2260. The number of nitrogens with one attached hydrogen (secondary N) is 4. The van der Waals surface area contributed by atoms with Gasteiger partial charge < -0.3 is 39.9 Å². The van der Waals surface area contributed by atoms with Crippen LogP contribution >= 0.6 is 0 Å². The molecular weight excluding hydrogens is 713 g/mol. The highest BCUT2D eigenvalue weighted by molar-refractivity contribution is 5.92. The summed E-state index contributed by atoms with van der Waals surface area (Å²) in [6.45, 7) is 8.78. The molecule has 2 fully saturated rings. The number of benzene rings is 3. The van der Waals surface area contributed by atoms with Crippen LogP contribution in [0, 0.1) is 11.8 Å². The monoisotopic (exact) mass is 762 g/mol. The first-order chi connectivity index (χ1) is 26.9. The molecule has 0 aliphatic carbocycles. The van der Waals surface area contributed by atoms with Crippen molar-refractivity contribution in [1.29, 1.82) is 0 Å². The molecule has 0 bridgehead atoms. The van der Waals surface area contributed by atoms with Crippen molar-refractivity contribution >= 4 is 45.8 Å². The van der Waals surface area contributed by atoms with E-state index in [1.54, 1.807) is 0 Å². The van der Waals surface area contributed by atoms with E-state index in [1.165, 1.54) is 14.2 Å². The number of rotatable bonds is 10. The summed E-state index contributed by atoms with van der Waals surface area (Å²) in [6, 6.07) is 17.0. The van der Waals surface area contributed by atoms with Crippen LogP contribution in [0.1, 0.15) is 77.1 Å². The summed E-state index contributed by atoms with van der Waals surface area (Å²) in [5, 5.41) is 7.57. The highest BCUT2D eigenvalue weighted by Crippen LogP contribution is 2.36. The molecule has 0 spiro atoms. The summed E-state index contributed by atoms with van der Waals surface area (Å²) in [5.41, 5.74) is 5.59. The quantitative estimate of drug-likeness (QED) is 0.119. The molecule has 14 nitrogen and oxygen atoms in total. The number of aromatic amines is 2. The van der Waals surface area contributed by atoms with Gasteiger partial charge in [-0.25, -0.2) is 19.6 Å². The van der Waals surface area contributed by atoms with Crippen LogP contribution in [0.15, 0.2) is 60.8 Å². The SMILES string of the molecule is COC(=O)N[C@H](C(=O)N1CCC[C@H]1c1ncc(-c2ccc3ccc(-c4ccc5nc([C@@H]6CCCN6C(=O)[C@@H](NC(=O)OC)C(C)C)[nH]c5c4)cc3c2)[nH]1)C(C)C. The van der Waals surface area contributed by atoms with Crippen LogP contribution in [0.3, 0.4) is 0 Å². The number of carbonyl (C=O) groups is 4. The molecule has 4 amide bonds. The third kappa shape index (κ3) is 7.64. The van der Waals surface area contributed by atoms with E-state index < -0.39 is 24.3 Å². The van der Waals surface area contributed by atoms with Gasteiger partial charge in [-0.15, -0.1) is 0 Å². The van der Waals surface area contributed by atoms with Crippen molar-refractivity contribution in [3.05, 3.63) is 72.4 Å². The molecule has 2 saturated heterocycles. The third-order valence-corrected chi connectivity index (χ3v) is 11.1. The Balaban J connectivity index is 1.10. The van der Waals surface area contributed by atoms with Crippen molar-refractivity contribution in [2.45, 2.75) is 77.5 Å². The number of carbonyl (C=O) groups excluding carboxylic acids is 4. The largest absolute Gasteiger partial charge is 0.453 e. The van der Waals surface area contributed by atoms with E-state index in [0.29, 0.717) is 13.1 Å². The fraction of sp³-hybridized carbons (Fsp3) is 0.429. The number of nitrogens with zero attached hydrogens (tertiary/aromatic N) is 4. The molecule has 56 heavy (non-hydrogen) atoms. The van der Waals surface area contributed by atoms with Gasteiger partial charge in [0.15, 0.2) is 0 Å². The molecule has 2 aliphatic rings. The zero-order valence-electron chi connectivity index (χ0n) is 32.7. The van der Waals surface area contributed by atoms with Crippen LogP contribution in [0.5, 0.6) is 0 Å². The van der Waals surface area contributed by atoms with E-state index in [2.05, 4.69) is 69.1 Å². The normalized spacial score (nSPS) is 18.1. The van der Waals surface area contributed by atoms with Gasteiger partial charge in [-0.3, -0.25) is 9.59 Å². The van der Waals surface area contributed by atoms with Gasteiger partial charge in [-0.1, -0.05) is 58.0 Å². The lowest BCUT2D eigenvalue weighted by atomic mass is 9.99. The summed E-state index contributed by atoms with van der Waals surface area (Å²) >= 11 is 0. The van der Waals surface area contributed by atoms with E-state index in [9.17, 15) is 19.2 Å².